The van der Waals surface area contributed by atoms with E-state index < -0.39 is 5.97 Å². The number of rotatable bonds is 7. The van der Waals surface area contributed by atoms with Gasteiger partial charge in [0.15, 0.2) is 0 Å². The number of halogens is 2. The lowest BCUT2D eigenvalue weighted by Crippen LogP contribution is -1.93. The Bertz CT molecular complexity index is 108. The topological polar surface area (TPSA) is 37.3 Å². The summed E-state index contributed by atoms with van der Waals surface area (Å²) < 4.78 is 0. The predicted octanol–water partition coefficient (Wildman–Crippen LogP) is 3.67. The number of unbranched alkanes of at least 4 members (excludes halogenated alkanes) is 5. The Hall–Kier alpha value is 0.0500. The van der Waals surface area contributed by atoms with Crippen molar-refractivity contribution in [3.8, 4) is 0 Å². The largest absolute Gasteiger partial charge is 0.481 e. The molecule has 0 atom stereocenters. The molecule has 0 fully saturated rings. The maximum atomic E-state index is 10.1. The van der Waals surface area contributed by atoms with Crippen molar-refractivity contribution in [3.05, 3.63) is 0 Å². The molecule has 2 nitrogen and oxygen atoms in total. The zero-order valence-corrected chi connectivity index (χ0v) is 9.75. The smallest absolute Gasteiger partial charge is 0.303 e. The molecule has 0 aromatic heterocycles. The van der Waals surface area contributed by atoms with Crippen molar-refractivity contribution >= 4 is 30.8 Å². The first-order chi connectivity index (χ1) is 5.27. The SMILES string of the molecule is CCCCCCCCC(=O)O.Cl.Cl. The highest BCUT2D eigenvalue weighted by molar-refractivity contribution is 5.85. The molecule has 0 amide bonds. The van der Waals surface area contributed by atoms with Crippen molar-refractivity contribution in [2.45, 2.75) is 51.9 Å². The first-order valence-electron chi connectivity index (χ1n) is 4.49. The van der Waals surface area contributed by atoms with Crippen LogP contribution in [0.3, 0.4) is 0 Å². The van der Waals surface area contributed by atoms with Gasteiger partial charge in [0.2, 0.25) is 0 Å². The second-order valence-electron chi connectivity index (χ2n) is 2.91. The molecule has 0 saturated carbocycles. The van der Waals surface area contributed by atoms with Gasteiger partial charge in [0.25, 0.3) is 0 Å². The molecule has 0 unspecified atom stereocenters. The van der Waals surface area contributed by atoms with Gasteiger partial charge in [-0.1, -0.05) is 39.0 Å². The Labute approximate surface area is 92.9 Å². The fourth-order valence-electron chi connectivity index (χ4n) is 1.06. The first-order valence-corrected chi connectivity index (χ1v) is 4.49. The Morgan fingerprint density at radius 3 is 1.92 bits per heavy atom. The highest BCUT2D eigenvalue weighted by atomic mass is 35.5. The van der Waals surface area contributed by atoms with E-state index in [1.165, 1.54) is 25.7 Å². The van der Waals surface area contributed by atoms with E-state index >= 15 is 0 Å². The van der Waals surface area contributed by atoms with E-state index in [2.05, 4.69) is 6.92 Å². The van der Waals surface area contributed by atoms with Crippen molar-refractivity contribution in [1.29, 1.82) is 0 Å². The van der Waals surface area contributed by atoms with Crippen LogP contribution in [0.25, 0.3) is 0 Å². The normalized spacial score (nSPS) is 8.38. The lowest BCUT2D eigenvalue weighted by molar-refractivity contribution is -0.137. The summed E-state index contributed by atoms with van der Waals surface area (Å²) in [5.74, 6) is -0.666. The number of carboxylic acids is 1. The van der Waals surface area contributed by atoms with Crippen LogP contribution in [-0.2, 0) is 4.79 Å². The van der Waals surface area contributed by atoms with Crippen molar-refractivity contribution in [3.63, 3.8) is 0 Å². The second kappa shape index (κ2) is 14.6. The number of carboxylic acid groups (broad SMARTS) is 1. The molecule has 13 heavy (non-hydrogen) atoms. The third-order valence-electron chi connectivity index (χ3n) is 1.74. The van der Waals surface area contributed by atoms with Crippen LogP contribution in [0.5, 0.6) is 0 Å². The monoisotopic (exact) mass is 230 g/mol. The Balaban J connectivity index is -0.000000500. The van der Waals surface area contributed by atoms with Gasteiger partial charge in [-0.3, -0.25) is 4.79 Å². The summed E-state index contributed by atoms with van der Waals surface area (Å²) in [5.41, 5.74) is 0. The summed E-state index contributed by atoms with van der Waals surface area (Å²) in [5, 5.41) is 8.32. The van der Waals surface area contributed by atoms with Gasteiger partial charge in [0.05, 0.1) is 0 Å². The summed E-state index contributed by atoms with van der Waals surface area (Å²) in [6.07, 6.45) is 7.25. The van der Waals surface area contributed by atoms with Crippen LogP contribution in [0.1, 0.15) is 51.9 Å². The van der Waals surface area contributed by atoms with Crippen LogP contribution in [0.2, 0.25) is 0 Å². The van der Waals surface area contributed by atoms with E-state index in [4.69, 9.17) is 5.11 Å². The van der Waals surface area contributed by atoms with Crippen molar-refractivity contribution in [2.75, 3.05) is 0 Å². The number of hydrogen-bond acceptors (Lipinski definition) is 1. The molecule has 0 radical (unpaired) electrons. The van der Waals surface area contributed by atoms with Crippen LogP contribution in [0.4, 0.5) is 0 Å². The zero-order chi connectivity index (χ0) is 8.53. The average Bonchev–Trinajstić information content (AvgIpc) is 1.96. The van der Waals surface area contributed by atoms with Crippen molar-refractivity contribution in [1.82, 2.24) is 0 Å². The van der Waals surface area contributed by atoms with Crippen molar-refractivity contribution in [2.24, 2.45) is 0 Å². The zero-order valence-electron chi connectivity index (χ0n) is 8.12. The van der Waals surface area contributed by atoms with Crippen LogP contribution in [0.15, 0.2) is 0 Å². The quantitative estimate of drug-likeness (QED) is 0.679. The molecule has 0 aliphatic heterocycles. The van der Waals surface area contributed by atoms with E-state index in [9.17, 15) is 4.79 Å². The van der Waals surface area contributed by atoms with Crippen LogP contribution < -0.4 is 0 Å². The van der Waals surface area contributed by atoms with Gasteiger partial charge >= 0.3 is 5.97 Å². The van der Waals surface area contributed by atoms with E-state index in [1.54, 1.807) is 0 Å². The Morgan fingerprint density at radius 1 is 1.00 bits per heavy atom. The van der Waals surface area contributed by atoms with Crippen LogP contribution in [-0.4, -0.2) is 11.1 Å². The minimum atomic E-state index is -0.666. The number of hydrogen-bond donors (Lipinski definition) is 1. The van der Waals surface area contributed by atoms with Gasteiger partial charge in [0.1, 0.15) is 0 Å². The molecule has 0 aromatic rings. The summed E-state index contributed by atoms with van der Waals surface area (Å²) in [6.45, 7) is 2.18. The summed E-state index contributed by atoms with van der Waals surface area (Å²) in [4.78, 5) is 10.1. The van der Waals surface area contributed by atoms with Crippen molar-refractivity contribution < 1.29 is 9.90 Å². The Morgan fingerprint density at radius 2 is 1.46 bits per heavy atom. The molecule has 0 aliphatic rings. The number of aliphatic carboxylic acids is 1. The van der Waals surface area contributed by atoms with E-state index in [1.807, 2.05) is 0 Å². The van der Waals surface area contributed by atoms with Gasteiger partial charge in [-0.2, -0.15) is 0 Å². The van der Waals surface area contributed by atoms with Gasteiger partial charge in [-0.05, 0) is 6.42 Å². The highest BCUT2D eigenvalue weighted by Crippen LogP contribution is 2.06. The maximum Gasteiger partial charge on any atom is 0.303 e. The number of carbonyl (C=O) groups is 1. The first kappa shape index (κ1) is 18.8. The van der Waals surface area contributed by atoms with Crippen LogP contribution >= 0.6 is 24.8 Å². The summed E-state index contributed by atoms with van der Waals surface area (Å²) in [6, 6.07) is 0. The van der Waals surface area contributed by atoms with Gasteiger partial charge in [-0.25, -0.2) is 0 Å². The molecule has 4 heteroatoms. The fraction of sp³-hybridized carbons (Fsp3) is 0.889. The van der Waals surface area contributed by atoms with E-state index in [0.29, 0.717) is 6.42 Å². The molecule has 0 rings (SSSR count). The molecule has 0 spiro atoms. The minimum absolute atomic E-state index is 0. The fourth-order valence-corrected chi connectivity index (χ4v) is 1.06. The summed E-state index contributed by atoms with van der Waals surface area (Å²) in [7, 11) is 0. The van der Waals surface area contributed by atoms with E-state index in [0.717, 1.165) is 12.8 Å². The second-order valence-corrected chi connectivity index (χ2v) is 2.91. The Kier molecular flexibility index (Phi) is 21.0. The lowest BCUT2D eigenvalue weighted by atomic mass is 10.1. The minimum Gasteiger partial charge on any atom is -0.481 e. The molecule has 0 saturated heterocycles. The maximum absolute atomic E-state index is 10.1. The molecule has 82 valence electrons. The van der Waals surface area contributed by atoms with Crippen LogP contribution in [0, 0.1) is 0 Å². The van der Waals surface area contributed by atoms with Gasteiger partial charge < -0.3 is 5.11 Å². The molecule has 0 heterocycles. The predicted molar refractivity (Wildman–Crippen MR) is 60.1 cm³/mol. The molecular weight excluding hydrogens is 211 g/mol. The lowest BCUT2D eigenvalue weighted by Gasteiger charge is -1.97. The van der Waals surface area contributed by atoms with E-state index in [-0.39, 0.29) is 24.8 Å². The van der Waals surface area contributed by atoms with Gasteiger partial charge in [0, 0.05) is 6.42 Å². The standard InChI is InChI=1S/C9H18O2.2ClH/c1-2-3-4-5-6-7-8-9(10)11;;/h2-8H2,1H3,(H,10,11);2*1H. The molecule has 1 N–H and O–H groups in total. The molecule has 0 aliphatic carbocycles. The third kappa shape index (κ3) is 18.8. The average molecular weight is 231 g/mol. The summed E-state index contributed by atoms with van der Waals surface area (Å²) >= 11 is 0. The highest BCUT2D eigenvalue weighted by Gasteiger charge is 1.95. The molecular formula is C9H20Cl2O2. The third-order valence-corrected chi connectivity index (χ3v) is 1.74. The molecule has 0 bridgehead atoms. The molecule has 0 aromatic carbocycles. The van der Waals surface area contributed by atoms with Gasteiger partial charge in [-0.15, -0.1) is 24.8 Å².